The van der Waals surface area contributed by atoms with Crippen LogP contribution in [0.2, 0.25) is 0 Å². The number of ether oxygens (including phenoxy) is 3. The van der Waals surface area contributed by atoms with Crippen molar-refractivity contribution < 1.29 is 19.0 Å². The molecule has 2 saturated heterocycles. The van der Waals surface area contributed by atoms with E-state index >= 15 is 0 Å². The summed E-state index contributed by atoms with van der Waals surface area (Å²) in [6.45, 7) is 0.641. The third-order valence-corrected chi connectivity index (χ3v) is 5.12. The third-order valence-electron chi connectivity index (χ3n) is 5.12. The van der Waals surface area contributed by atoms with Crippen LogP contribution in [0.4, 0.5) is 0 Å². The van der Waals surface area contributed by atoms with Gasteiger partial charge < -0.3 is 14.2 Å². The van der Waals surface area contributed by atoms with Crippen LogP contribution in [0, 0.1) is 5.92 Å². The van der Waals surface area contributed by atoms with Crippen LogP contribution in [0.5, 0.6) is 0 Å². The average Bonchev–Trinajstić information content (AvgIpc) is 3.22. The minimum absolute atomic E-state index is 0.254. The number of carbonyl (C=O) groups is 1. The van der Waals surface area contributed by atoms with Crippen LogP contribution in [-0.4, -0.2) is 36.5 Å². The van der Waals surface area contributed by atoms with Crippen molar-refractivity contribution in [3.63, 3.8) is 0 Å². The molecule has 2 aliphatic heterocycles. The second-order valence-corrected chi connectivity index (χ2v) is 5.96. The molecule has 4 rings (SSSR count). The van der Waals surface area contributed by atoms with Gasteiger partial charge in [-0.05, 0) is 32.1 Å². The topological polar surface area (TPSA) is 51.4 Å². The van der Waals surface area contributed by atoms with E-state index < -0.39 is 0 Å². The van der Waals surface area contributed by atoms with E-state index in [1.807, 2.05) is 0 Å². The van der Waals surface area contributed by atoms with Gasteiger partial charge in [0.05, 0.1) is 24.4 Å². The van der Waals surface area contributed by atoms with Crippen molar-refractivity contribution >= 4 is 6.47 Å². The Kier molecular flexibility index (Phi) is 2.10. The van der Waals surface area contributed by atoms with Crippen LogP contribution in [0.15, 0.2) is 0 Å². The van der Waals surface area contributed by atoms with Gasteiger partial charge in [-0.15, -0.1) is 0 Å². The van der Waals surface area contributed by atoms with Crippen LogP contribution >= 0.6 is 0 Å². The summed E-state index contributed by atoms with van der Waals surface area (Å²) < 4.78 is 16.7. The molecule has 6 atom stereocenters. The normalized spacial score (nSPS) is 55.4. The van der Waals surface area contributed by atoms with Crippen LogP contribution in [0.25, 0.3) is 0 Å². The Morgan fingerprint density at radius 3 is 2.65 bits per heavy atom. The minimum atomic E-state index is -0.254. The highest BCUT2D eigenvalue weighted by Crippen LogP contribution is 2.52. The molecule has 0 aromatic carbocycles. The quantitative estimate of drug-likeness (QED) is 0.551. The zero-order chi connectivity index (χ0) is 11.5. The molecule has 0 bridgehead atoms. The lowest BCUT2D eigenvalue weighted by molar-refractivity contribution is -0.156. The van der Waals surface area contributed by atoms with Crippen LogP contribution in [-0.2, 0) is 19.0 Å². The second kappa shape index (κ2) is 3.45. The Hall–Kier alpha value is -0.610. The first-order chi connectivity index (χ1) is 8.31. The summed E-state index contributed by atoms with van der Waals surface area (Å²) in [6.07, 6.45) is 7.99. The van der Waals surface area contributed by atoms with Crippen LogP contribution in [0.3, 0.4) is 0 Å². The summed E-state index contributed by atoms with van der Waals surface area (Å²) in [6, 6.07) is 0. The molecule has 0 aromatic rings. The van der Waals surface area contributed by atoms with Gasteiger partial charge in [-0.3, -0.25) is 4.79 Å². The number of hydrogen-bond acceptors (Lipinski definition) is 4. The van der Waals surface area contributed by atoms with Crippen molar-refractivity contribution in [3.05, 3.63) is 0 Å². The van der Waals surface area contributed by atoms with Gasteiger partial charge in [-0.2, -0.15) is 0 Å². The van der Waals surface area contributed by atoms with E-state index in [0.717, 1.165) is 38.5 Å². The van der Waals surface area contributed by atoms with E-state index in [4.69, 9.17) is 14.2 Å². The van der Waals surface area contributed by atoms with Crippen molar-refractivity contribution in [3.8, 4) is 0 Å². The molecule has 0 spiro atoms. The fourth-order valence-electron chi connectivity index (χ4n) is 3.99. The Labute approximate surface area is 101 Å². The first-order valence-electron chi connectivity index (χ1n) is 6.73. The van der Waals surface area contributed by atoms with E-state index in [1.165, 1.54) is 0 Å². The maximum Gasteiger partial charge on any atom is 0.293 e. The largest absolute Gasteiger partial charge is 0.461 e. The number of rotatable bonds is 3. The summed E-state index contributed by atoms with van der Waals surface area (Å²) in [5.41, 5.74) is -0.254. The van der Waals surface area contributed by atoms with Gasteiger partial charge in [0.25, 0.3) is 6.47 Å². The van der Waals surface area contributed by atoms with Crippen molar-refractivity contribution in [2.45, 2.75) is 68.5 Å². The van der Waals surface area contributed by atoms with Gasteiger partial charge in [0.1, 0.15) is 5.60 Å². The highest BCUT2D eigenvalue weighted by atomic mass is 16.6. The molecule has 0 aromatic heterocycles. The Morgan fingerprint density at radius 2 is 1.88 bits per heavy atom. The van der Waals surface area contributed by atoms with Gasteiger partial charge in [-0.1, -0.05) is 0 Å². The highest BCUT2D eigenvalue weighted by Gasteiger charge is 2.58. The molecule has 4 aliphatic rings. The lowest BCUT2D eigenvalue weighted by atomic mass is 9.70. The molecule has 4 fully saturated rings. The maximum absolute atomic E-state index is 10.8. The molecule has 2 heterocycles. The molecule has 0 radical (unpaired) electrons. The van der Waals surface area contributed by atoms with Gasteiger partial charge in [0.15, 0.2) is 0 Å². The summed E-state index contributed by atoms with van der Waals surface area (Å²) in [5, 5.41) is 0. The Morgan fingerprint density at radius 1 is 1.06 bits per heavy atom. The molecule has 0 N–H and O–H groups in total. The molecule has 2 aliphatic carbocycles. The van der Waals surface area contributed by atoms with E-state index in [0.29, 0.717) is 36.8 Å². The zero-order valence-corrected chi connectivity index (χ0v) is 9.84. The smallest absolute Gasteiger partial charge is 0.293 e. The van der Waals surface area contributed by atoms with Crippen molar-refractivity contribution in [1.29, 1.82) is 0 Å². The second-order valence-electron chi connectivity index (χ2n) is 5.96. The molecule has 4 heteroatoms. The first-order valence-corrected chi connectivity index (χ1v) is 6.73. The van der Waals surface area contributed by atoms with Gasteiger partial charge in [0.2, 0.25) is 0 Å². The van der Waals surface area contributed by atoms with E-state index in [2.05, 4.69) is 0 Å². The van der Waals surface area contributed by atoms with E-state index in [9.17, 15) is 4.79 Å². The molecule has 4 nitrogen and oxygen atoms in total. The summed E-state index contributed by atoms with van der Waals surface area (Å²) >= 11 is 0. The van der Waals surface area contributed by atoms with E-state index in [1.54, 1.807) is 0 Å². The number of hydrogen-bond donors (Lipinski definition) is 0. The zero-order valence-electron chi connectivity index (χ0n) is 9.84. The SMILES string of the molecule is O=COC1(C2CCC3OC3C2)CCC2OC2C1. The van der Waals surface area contributed by atoms with Crippen molar-refractivity contribution in [2.75, 3.05) is 0 Å². The number of epoxide rings is 2. The van der Waals surface area contributed by atoms with Gasteiger partial charge >= 0.3 is 0 Å². The molecule has 0 amide bonds. The molecule has 17 heavy (non-hydrogen) atoms. The molecular formula is C13H18O4. The average molecular weight is 238 g/mol. The standard InChI is InChI=1S/C13H18O4/c14-7-15-13(4-3-10-12(6-13)17-10)8-1-2-9-11(5-8)16-9/h7-12H,1-6H2. The molecular weight excluding hydrogens is 220 g/mol. The number of carbonyl (C=O) groups excluding carboxylic acids is 1. The lowest BCUT2D eigenvalue weighted by Gasteiger charge is -2.41. The van der Waals surface area contributed by atoms with Crippen LogP contribution in [0.1, 0.15) is 38.5 Å². The van der Waals surface area contributed by atoms with Gasteiger partial charge in [-0.25, -0.2) is 0 Å². The van der Waals surface area contributed by atoms with Crippen molar-refractivity contribution in [1.82, 2.24) is 0 Å². The highest BCUT2D eigenvalue weighted by molar-refractivity contribution is 5.39. The fourth-order valence-corrected chi connectivity index (χ4v) is 3.99. The van der Waals surface area contributed by atoms with E-state index in [-0.39, 0.29) is 5.60 Å². The monoisotopic (exact) mass is 238 g/mol. The van der Waals surface area contributed by atoms with Crippen molar-refractivity contribution in [2.24, 2.45) is 5.92 Å². The molecule has 94 valence electrons. The number of fused-ring (bicyclic) bond motifs is 2. The van der Waals surface area contributed by atoms with Gasteiger partial charge in [0, 0.05) is 12.3 Å². The molecule has 2 saturated carbocycles. The Balaban J connectivity index is 1.54. The maximum atomic E-state index is 10.8. The summed E-state index contributed by atoms with van der Waals surface area (Å²) in [5.74, 6) is 0.474. The fraction of sp³-hybridized carbons (Fsp3) is 0.923. The minimum Gasteiger partial charge on any atom is -0.461 e. The lowest BCUT2D eigenvalue weighted by Crippen LogP contribution is -2.46. The third kappa shape index (κ3) is 1.61. The Bertz CT molecular complexity index is 344. The molecule has 6 unspecified atom stereocenters. The summed E-state index contributed by atoms with van der Waals surface area (Å²) in [7, 11) is 0. The predicted octanol–water partition coefficient (Wildman–Crippen LogP) is 1.42. The summed E-state index contributed by atoms with van der Waals surface area (Å²) in [4.78, 5) is 10.8. The predicted molar refractivity (Wildman–Crippen MR) is 58.4 cm³/mol. The first kappa shape index (κ1) is 10.3. The van der Waals surface area contributed by atoms with Crippen LogP contribution < -0.4 is 0 Å².